The van der Waals surface area contributed by atoms with Gasteiger partial charge in [0, 0.05) is 18.1 Å². The molecule has 0 aliphatic heterocycles. The number of amides is 1. The number of hydrogen-bond acceptors (Lipinski definition) is 4. The van der Waals surface area contributed by atoms with Gasteiger partial charge < -0.3 is 4.90 Å². The van der Waals surface area contributed by atoms with Crippen molar-refractivity contribution < 1.29 is 4.79 Å². The number of hydrogen-bond donors (Lipinski definition) is 1. The Kier molecular flexibility index (Phi) is 5.51. The monoisotopic (exact) mass is 436 g/mol. The second-order valence-corrected chi connectivity index (χ2v) is 7.95. The number of benzene rings is 1. The van der Waals surface area contributed by atoms with E-state index in [4.69, 9.17) is 12.2 Å². The minimum absolute atomic E-state index is 0.0155. The molecule has 0 radical (unpaired) electrons. The molecule has 0 fully saturated rings. The van der Waals surface area contributed by atoms with Gasteiger partial charge in [0.15, 0.2) is 10.6 Å². The van der Waals surface area contributed by atoms with Gasteiger partial charge in [0.1, 0.15) is 6.04 Å². The quantitative estimate of drug-likeness (QED) is 0.592. The normalized spacial score (nSPS) is 12.1. The van der Waals surface area contributed by atoms with Crippen molar-refractivity contribution in [1.82, 2.24) is 19.7 Å². The van der Waals surface area contributed by atoms with E-state index in [2.05, 4.69) is 26.1 Å². The maximum absolute atomic E-state index is 12.9. The van der Waals surface area contributed by atoms with Crippen molar-refractivity contribution in [2.75, 3.05) is 7.05 Å². The van der Waals surface area contributed by atoms with Gasteiger partial charge >= 0.3 is 0 Å². The molecule has 0 saturated heterocycles. The van der Waals surface area contributed by atoms with Crippen molar-refractivity contribution >= 4 is 45.4 Å². The Morgan fingerprint density at radius 2 is 2.12 bits per heavy atom. The molecule has 3 aromatic rings. The minimum atomic E-state index is -0.441. The maximum atomic E-state index is 12.9. The summed E-state index contributed by atoms with van der Waals surface area (Å²) in [6, 6.07) is 11.4. The van der Waals surface area contributed by atoms with Crippen LogP contribution in [0.15, 0.2) is 46.3 Å². The fraction of sp³-hybridized carbons (Fsp3) is 0.235. The summed E-state index contributed by atoms with van der Waals surface area (Å²) in [7, 11) is 1.80. The molecule has 0 bridgehead atoms. The summed E-state index contributed by atoms with van der Waals surface area (Å²) >= 11 is 10.3. The van der Waals surface area contributed by atoms with Crippen LogP contribution in [0.25, 0.3) is 10.7 Å². The summed E-state index contributed by atoms with van der Waals surface area (Å²) < 4.78 is 3.24. The van der Waals surface area contributed by atoms with Gasteiger partial charge in [-0.25, -0.2) is 0 Å². The average Bonchev–Trinajstić information content (AvgIpc) is 3.25. The fourth-order valence-electron chi connectivity index (χ4n) is 2.61. The Bertz CT molecular complexity index is 915. The summed E-state index contributed by atoms with van der Waals surface area (Å²) in [5.41, 5.74) is 1.07. The predicted molar refractivity (Wildman–Crippen MR) is 106 cm³/mol. The lowest BCUT2D eigenvalue weighted by molar-refractivity contribution is -0.133. The Labute approximate surface area is 163 Å². The van der Waals surface area contributed by atoms with Gasteiger partial charge in [0.2, 0.25) is 5.91 Å². The Hall–Kier alpha value is -1.77. The van der Waals surface area contributed by atoms with E-state index < -0.39 is 6.04 Å². The number of halogens is 1. The molecule has 2 heterocycles. The standard InChI is InChI=1S/C17H17BrN4OS2/c1-11(16(23)21(2)10-12-5-7-13(18)8-6-12)22-15(19-20-17(22)24)14-4-3-9-25-14/h3-9,11H,10H2,1-2H3,(H,20,24). The number of nitrogens with one attached hydrogen (secondary N) is 1. The highest BCUT2D eigenvalue weighted by Crippen LogP contribution is 2.26. The van der Waals surface area contributed by atoms with Crippen molar-refractivity contribution in [1.29, 1.82) is 0 Å². The second kappa shape index (κ2) is 7.63. The van der Waals surface area contributed by atoms with E-state index in [1.807, 2.05) is 48.7 Å². The molecule has 1 aromatic carbocycles. The fourth-order valence-corrected chi connectivity index (χ4v) is 3.88. The molecule has 0 spiro atoms. The van der Waals surface area contributed by atoms with Crippen LogP contribution in [0.1, 0.15) is 18.5 Å². The molecule has 8 heteroatoms. The Balaban J connectivity index is 1.82. The number of likely N-dealkylation sites (N-methyl/N-ethyl adjacent to an activating group) is 1. The molecule has 130 valence electrons. The number of carbonyl (C=O) groups is 1. The largest absolute Gasteiger partial charge is 0.340 e. The maximum Gasteiger partial charge on any atom is 0.245 e. The summed E-state index contributed by atoms with van der Waals surface area (Å²) in [6.07, 6.45) is 0. The van der Waals surface area contributed by atoms with Crippen molar-refractivity contribution in [2.45, 2.75) is 19.5 Å². The lowest BCUT2D eigenvalue weighted by atomic mass is 10.2. The number of aromatic nitrogens is 3. The minimum Gasteiger partial charge on any atom is -0.340 e. The number of rotatable bonds is 5. The number of thiophene rings is 1. The van der Waals surface area contributed by atoms with Gasteiger partial charge in [-0.3, -0.25) is 14.5 Å². The first-order valence-corrected chi connectivity index (χ1v) is 9.75. The van der Waals surface area contributed by atoms with Crippen LogP contribution in [-0.4, -0.2) is 32.6 Å². The second-order valence-electron chi connectivity index (χ2n) is 5.70. The SMILES string of the molecule is CC(C(=O)N(C)Cc1ccc(Br)cc1)n1c(-c2cccs2)n[nH]c1=S. The van der Waals surface area contributed by atoms with Crippen LogP contribution in [-0.2, 0) is 11.3 Å². The predicted octanol–water partition coefficient (Wildman–Crippen LogP) is 4.65. The number of aromatic amines is 1. The van der Waals surface area contributed by atoms with Gasteiger partial charge in [0.25, 0.3) is 0 Å². The van der Waals surface area contributed by atoms with E-state index in [1.165, 1.54) is 0 Å². The van der Waals surface area contributed by atoms with Crippen LogP contribution in [0.4, 0.5) is 0 Å². The average molecular weight is 437 g/mol. The van der Waals surface area contributed by atoms with Crippen LogP contribution in [0.3, 0.4) is 0 Å². The molecule has 0 aliphatic rings. The van der Waals surface area contributed by atoms with Crippen molar-refractivity contribution in [3.63, 3.8) is 0 Å². The zero-order chi connectivity index (χ0) is 18.0. The molecule has 1 atom stereocenters. The van der Waals surface area contributed by atoms with E-state index in [-0.39, 0.29) is 5.91 Å². The van der Waals surface area contributed by atoms with Crippen molar-refractivity contribution in [3.05, 3.63) is 56.6 Å². The third-order valence-electron chi connectivity index (χ3n) is 3.90. The van der Waals surface area contributed by atoms with E-state index >= 15 is 0 Å². The van der Waals surface area contributed by atoms with E-state index in [0.717, 1.165) is 14.9 Å². The van der Waals surface area contributed by atoms with Gasteiger partial charge in [-0.2, -0.15) is 5.10 Å². The summed E-state index contributed by atoms with van der Waals surface area (Å²) in [4.78, 5) is 15.6. The molecule has 5 nitrogen and oxygen atoms in total. The molecule has 25 heavy (non-hydrogen) atoms. The third-order valence-corrected chi connectivity index (χ3v) is 5.58. The topological polar surface area (TPSA) is 53.9 Å². The van der Waals surface area contributed by atoms with Crippen molar-refractivity contribution in [2.24, 2.45) is 0 Å². The van der Waals surface area contributed by atoms with Crippen LogP contribution < -0.4 is 0 Å². The lowest BCUT2D eigenvalue weighted by Gasteiger charge is -2.23. The molecule has 1 N–H and O–H groups in total. The number of nitrogens with zero attached hydrogens (tertiary/aromatic N) is 3. The highest BCUT2D eigenvalue weighted by Gasteiger charge is 2.24. The first-order valence-electron chi connectivity index (χ1n) is 7.67. The van der Waals surface area contributed by atoms with Crippen LogP contribution in [0.5, 0.6) is 0 Å². The Morgan fingerprint density at radius 1 is 1.40 bits per heavy atom. The molecule has 2 aromatic heterocycles. The van der Waals surface area contributed by atoms with Gasteiger partial charge in [-0.05, 0) is 48.3 Å². The molecule has 0 saturated carbocycles. The molecular formula is C17H17BrN4OS2. The van der Waals surface area contributed by atoms with Gasteiger partial charge in [-0.15, -0.1) is 11.3 Å². The summed E-state index contributed by atoms with van der Waals surface area (Å²) in [5.74, 6) is 0.677. The highest BCUT2D eigenvalue weighted by molar-refractivity contribution is 9.10. The lowest BCUT2D eigenvalue weighted by Crippen LogP contribution is -2.33. The molecule has 1 amide bonds. The smallest absolute Gasteiger partial charge is 0.245 e. The Morgan fingerprint density at radius 3 is 2.76 bits per heavy atom. The van der Waals surface area contributed by atoms with Gasteiger partial charge in [0.05, 0.1) is 4.88 Å². The number of carbonyl (C=O) groups excluding carboxylic acids is 1. The summed E-state index contributed by atoms with van der Waals surface area (Å²) in [5, 5.41) is 9.07. The van der Waals surface area contributed by atoms with Crippen LogP contribution >= 0.6 is 39.5 Å². The first-order chi connectivity index (χ1) is 12.0. The van der Waals surface area contributed by atoms with Crippen LogP contribution in [0, 0.1) is 4.77 Å². The first kappa shape index (κ1) is 18.0. The van der Waals surface area contributed by atoms with Crippen molar-refractivity contribution in [3.8, 4) is 10.7 Å². The summed E-state index contributed by atoms with van der Waals surface area (Å²) in [6.45, 7) is 2.39. The molecule has 3 rings (SSSR count). The van der Waals surface area contributed by atoms with Gasteiger partial charge in [-0.1, -0.05) is 34.1 Å². The van der Waals surface area contributed by atoms with E-state index in [1.54, 1.807) is 27.9 Å². The highest BCUT2D eigenvalue weighted by atomic mass is 79.9. The van der Waals surface area contributed by atoms with E-state index in [0.29, 0.717) is 17.1 Å². The molecule has 0 aliphatic carbocycles. The zero-order valence-electron chi connectivity index (χ0n) is 13.8. The third kappa shape index (κ3) is 3.91. The zero-order valence-corrected chi connectivity index (χ0v) is 17.0. The van der Waals surface area contributed by atoms with E-state index in [9.17, 15) is 4.79 Å². The molecule has 1 unspecified atom stereocenters. The number of H-pyrrole nitrogens is 1. The molecular weight excluding hydrogens is 420 g/mol. The van der Waals surface area contributed by atoms with Crippen LogP contribution in [0.2, 0.25) is 0 Å².